The number of halogens is 2. The zero-order valence-corrected chi connectivity index (χ0v) is 16.5. The number of thiazole rings is 1. The number of nitrogens with zero attached hydrogens (tertiary/aromatic N) is 1. The van der Waals surface area contributed by atoms with Crippen LogP contribution in [0, 0.1) is 12.8 Å². The normalized spacial score (nSPS) is 11.5. The molecule has 2 aromatic heterocycles. The summed E-state index contributed by atoms with van der Waals surface area (Å²) in [5.41, 5.74) is 6.46. The molecule has 8 heteroatoms. The Bertz CT molecular complexity index is 628. The molecule has 0 saturated heterocycles. The summed E-state index contributed by atoms with van der Waals surface area (Å²) in [7, 11) is 0. The zero-order chi connectivity index (χ0) is 16.1. The molecule has 1 atom stereocenters. The number of furan rings is 1. The summed E-state index contributed by atoms with van der Waals surface area (Å²) in [5.74, 6) is 2.06. The first-order chi connectivity index (χ1) is 10.5. The molecule has 2 aromatic rings. The largest absolute Gasteiger partial charge is 0.459 e. The standard InChI is InChI=1S/C16H23N3O2S.2ClH/c1-10(2)6-12(8-17)18-15(20)7-13-9-22-16(19-13)14-5-4-11(3)21-14;;/h4-5,9-10,12H,6-8,17H2,1-3H3,(H,18,20);2*1H. The van der Waals surface area contributed by atoms with Crippen molar-refractivity contribution in [3.8, 4) is 10.8 Å². The van der Waals surface area contributed by atoms with E-state index in [1.807, 2.05) is 24.4 Å². The molecular formula is C16H25Cl2N3O2S. The number of aryl methyl sites for hydroxylation is 1. The van der Waals surface area contributed by atoms with Gasteiger partial charge < -0.3 is 15.5 Å². The molecule has 0 aliphatic rings. The van der Waals surface area contributed by atoms with Crippen molar-refractivity contribution < 1.29 is 9.21 Å². The number of hydrogen-bond acceptors (Lipinski definition) is 5. The van der Waals surface area contributed by atoms with E-state index < -0.39 is 0 Å². The molecule has 0 spiro atoms. The lowest BCUT2D eigenvalue weighted by molar-refractivity contribution is -0.121. The highest BCUT2D eigenvalue weighted by molar-refractivity contribution is 7.13. The highest BCUT2D eigenvalue weighted by Gasteiger charge is 2.15. The van der Waals surface area contributed by atoms with Gasteiger partial charge in [-0.2, -0.15) is 0 Å². The van der Waals surface area contributed by atoms with Crippen LogP contribution in [0.15, 0.2) is 21.9 Å². The molecular weight excluding hydrogens is 369 g/mol. The molecule has 0 aliphatic carbocycles. The quantitative estimate of drug-likeness (QED) is 0.752. The summed E-state index contributed by atoms with van der Waals surface area (Å²) in [6.45, 7) is 6.59. The number of nitrogens with one attached hydrogen (secondary N) is 1. The molecule has 0 saturated carbocycles. The van der Waals surface area contributed by atoms with Gasteiger partial charge in [-0.1, -0.05) is 13.8 Å². The maximum absolute atomic E-state index is 12.1. The van der Waals surface area contributed by atoms with Crippen LogP contribution in [0.3, 0.4) is 0 Å². The first-order valence-corrected chi connectivity index (χ1v) is 8.36. The Kier molecular flexibility index (Phi) is 10.2. The summed E-state index contributed by atoms with van der Waals surface area (Å²) < 4.78 is 5.54. The van der Waals surface area contributed by atoms with Crippen LogP contribution in [0.25, 0.3) is 10.8 Å². The number of aromatic nitrogens is 1. The molecule has 136 valence electrons. The molecule has 24 heavy (non-hydrogen) atoms. The minimum Gasteiger partial charge on any atom is -0.459 e. The number of nitrogens with two attached hydrogens (primary N) is 1. The van der Waals surface area contributed by atoms with Crippen LogP contribution in [0.4, 0.5) is 0 Å². The molecule has 1 unspecified atom stereocenters. The third kappa shape index (κ3) is 6.81. The SMILES string of the molecule is Cc1ccc(-c2nc(CC(=O)NC(CN)CC(C)C)cs2)o1.Cl.Cl. The topological polar surface area (TPSA) is 81.2 Å². The van der Waals surface area contributed by atoms with Gasteiger partial charge in [-0.25, -0.2) is 4.98 Å². The minimum absolute atomic E-state index is 0. The van der Waals surface area contributed by atoms with E-state index in [0.717, 1.165) is 28.6 Å². The third-order valence-electron chi connectivity index (χ3n) is 3.25. The fourth-order valence-electron chi connectivity index (χ4n) is 2.28. The van der Waals surface area contributed by atoms with Gasteiger partial charge in [0, 0.05) is 18.0 Å². The Hall–Kier alpha value is -1.08. The van der Waals surface area contributed by atoms with E-state index in [9.17, 15) is 4.79 Å². The van der Waals surface area contributed by atoms with Crippen molar-refractivity contribution in [3.05, 3.63) is 29.0 Å². The maximum atomic E-state index is 12.1. The Morgan fingerprint density at radius 2 is 2.08 bits per heavy atom. The number of carbonyl (C=O) groups excluding carboxylic acids is 1. The van der Waals surface area contributed by atoms with Crippen LogP contribution < -0.4 is 11.1 Å². The summed E-state index contributed by atoms with van der Waals surface area (Å²) >= 11 is 1.48. The van der Waals surface area contributed by atoms with Crippen molar-refractivity contribution in [2.75, 3.05) is 6.54 Å². The van der Waals surface area contributed by atoms with Gasteiger partial charge in [-0.15, -0.1) is 36.2 Å². The fourth-order valence-corrected chi connectivity index (χ4v) is 3.06. The molecule has 0 bridgehead atoms. The number of amides is 1. The Morgan fingerprint density at radius 3 is 2.62 bits per heavy atom. The predicted octanol–water partition coefficient (Wildman–Crippen LogP) is 3.59. The van der Waals surface area contributed by atoms with Crippen molar-refractivity contribution in [1.82, 2.24) is 10.3 Å². The predicted molar refractivity (Wildman–Crippen MR) is 103 cm³/mol. The van der Waals surface area contributed by atoms with Crippen LogP contribution >= 0.6 is 36.2 Å². The second kappa shape index (κ2) is 10.7. The Balaban J connectivity index is 0.00000264. The van der Waals surface area contributed by atoms with E-state index in [4.69, 9.17) is 10.2 Å². The second-order valence-electron chi connectivity index (χ2n) is 5.86. The second-order valence-corrected chi connectivity index (χ2v) is 6.72. The van der Waals surface area contributed by atoms with Gasteiger partial charge in [0.15, 0.2) is 10.8 Å². The smallest absolute Gasteiger partial charge is 0.226 e. The van der Waals surface area contributed by atoms with Gasteiger partial charge >= 0.3 is 0 Å². The summed E-state index contributed by atoms with van der Waals surface area (Å²) in [4.78, 5) is 16.5. The van der Waals surface area contributed by atoms with Crippen LogP contribution in [-0.4, -0.2) is 23.5 Å². The van der Waals surface area contributed by atoms with Crippen molar-refractivity contribution in [3.63, 3.8) is 0 Å². The molecule has 2 heterocycles. The number of carbonyl (C=O) groups is 1. The average molecular weight is 394 g/mol. The van der Waals surface area contributed by atoms with Crippen LogP contribution in [0.2, 0.25) is 0 Å². The van der Waals surface area contributed by atoms with Crippen molar-refractivity contribution >= 4 is 42.1 Å². The summed E-state index contributed by atoms with van der Waals surface area (Å²) in [6, 6.07) is 3.82. The van der Waals surface area contributed by atoms with Gasteiger partial charge in [0.05, 0.1) is 12.1 Å². The highest BCUT2D eigenvalue weighted by atomic mass is 35.5. The molecule has 0 aliphatic heterocycles. The fraction of sp³-hybridized carbons (Fsp3) is 0.500. The minimum atomic E-state index is -0.0384. The van der Waals surface area contributed by atoms with Crippen molar-refractivity contribution in [1.29, 1.82) is 0 Å². The third-order valence-corrected chi connectivity index (χ3v) is 4.16. The van der Waals surface area contributed by atoms with Gasteiger partial charge in [-0.05, 0) is 31.4 Å². The maximum Gasteiger partial charge on any atom is 0.226 e. The van der Waals surface area contributed by atoms with E-state index in [1.54, 1.807) is 0 Å². The van der Waals surface area contributed by atoms with Crippen molar-refractivity contribution in [2.24, 2.45) is 11.7 Å². The molecule has 5 nitrogen and oxygen atoms in total. The number of hydrogen-bond donors (Lipinski definition) is 2. The van der Waals surface area contributed by atoms with E-state index in [-0.39, 0.29) is 43.2 Å². The lowest BCUT2D eigenvalue weighted by Crippen LogP contribution is -2.41. The van der Waals surface area contributed by atoms with E-state index >= 15 is 0 Å². The van der Waals surface area contributed by atoms with Crippen LogP contribution in [0.5, 0.6) is 0 Å². The Morgan fingerprint density at radius 1 is 1.38 bits per heavy atom. The van der Waals surface area contributed by atoms with Gasteiger partial charge in [0.2, 0.25) is 5.91 Å². The first kappa shape index (κ1) is 22.9. The van der Waals surface area contributed by atoms with Gasteiger partial charge in [0.1, 0.15) is 5.76 Å². The van der Waals surface area contributed by atoms with E-state index in [1.165, 1.54) is 11.3 Å². The molecule has 2 rings (SSSR count). The summed E-state index contributed by atoms with van der Waals surface area (Å²) in [5, 5.41) is 5.67. The monoisotopic (exact) mass is 393 g/mol. The van der Waals surface area contributed by atoms with Crippen LogP contribution in [-0.2, 0) is 11.2 Å². The van der Waals surface area contributed by atoms with Crippen molar-refractivity contribution in [2.45, 2.75) is 39.7 Å². The van der Waals surface area contributed by atoms with E-state index in [2.05, 4.69) is 24.1 Å². The number of rotatable bonds is 7. The van der Waals surface area contributed by atoms with Gasteiger partial charge in [-0.3, -0.25) is 4.79 Å². The highest BCUT2D eigenvalue weighted by Crippen LogP contribution is 2.25. The van der Waals surface area contributed by atoms with Gasteiger partial charge in [0.25, 0.3) is 0 Å². The molecule has 0 fully saturated rings. The molecule has 3 N–H and O–H groups in total. The van der Waals surface area contributed by atoms with Crippen LogP contribution in [0.1, 0.15) is 31.7 Å². The van der Waals surface area contributed by atoms with E-state index in [0.29, 0.717) is 12.5 Å². The summed E-state index contributed by atoms with van der Waals surface area (Å²) in [6.07, 6.45) is 1.15. The molecule has 0 radical (unpaired) electrons. The first-order valence-electron chi connectivity index (χ1n) is 7.48. The average Bonchev–Trinajstić information content (AvgIpc) is 3.06. The lowest BCUT2D eigenvalue weighted by Gasteiger charge is -2.18. The zero-order valence-electron chi connectivity index (χ0n) is 14.1. The molecule has 1 amide bonds. The lowest BCUT2D eigenvalue weighted by atomic mass is 10.0. The molecule has 0 aromatic carbocycles. The Labute approximate surface area is 159 Å².